The number of benzene rings is 2. The maximum atomic E-state index is 16.2. The standard InChI is InChI=1S/C88H140N18O16/c1-53(2)45-65-74(112)75(113)66(46-54(3)4)103-105-86(10,58(9)109)40-28-19-15-13-12-14-16-21-30-42-88(43-31-22-18-17-20-29-41-87(11,95-51-56(7)107)83(121)100-64(38-39-71(89)110)79(117)102-73(57(8)108)77(115)76(114)67(104-106-88)48-59-33-24-23-25-34-59)84(122)101-70(50-72(90)111)82(120)98-68(47-55(5)6)80(118)99-69(49-60-52-94-62-36-27-26-35-61(60)62)81(119)96-63(78(116)97-65)37-32-44-93-85(91)92/h23-27,33-36,52-55,57,63-70,73,94-95,103-106,108H,12-22,28-32,37-51H2,1-11H3,(H2,89,110)(H2,90,111)(H,96,119)(H,97,116)(H,98,120)(H,99,118)(H,100,121)(H,101,122)(H,102,117)(H4,91,92,93)/t57-,63?,64+,65+,66+,67+,68?,69+,70+,73+,86+,87-,88-/m1/s1. The number of hydrogen-bond acceptors (Lipinski definition) is 22. The molecule has 0 bridgehead atoms. The topological polar surface area (TPSA) is 553 Å². The van der Waals surface area contributed by atoms with E-state index in [1.807, 2.05) is 33.8 Å². The number of aliphatic hydroxyl groups is 1. The number of primary amides is 2. The Labute approximate surface area is 717 Å². The number of H-pyrrole nitrogens is 1. The van der Waals surface area contributed by atoms with Gasteiger partial charge in [-0.2, -0.15) is 0 Å². The number of aliphatic hydroxyl groups excluding tert-OH is 1. The number of aromatic amines is 1. The number of carbonyl (C=O) groups is 15. The first-order valence-electron chi connectivity index (χ1n) is 43.7. The predicted molar refractivity (Wildman–Crippen MR) is 465 cm³/mol. The summed E-state index contributed by atoms with van der Waals surface area (Å²) in [4.78, 5) is 225. The summed E-state index contributed by atoms with van der Waals surface area (Å²) in [5, 5.41) is 34.3. The molecule has 2 unspecified atom stereocenters. The van der Waals surface area contributed by atoms with Gasteiger partial charge in [-0.15, -0.1) is 0 Å². The predicted octanol–water partition coefficient (Wildman–Crippen LogP) is 3.73. The molecule has 2 aliphatic rings. The van der Waals surface area contributed by atoms with E-state index in [0.29, 0.717) is 92.7 Å². The molecule has 0 aliphatic carbocycles. The van der Waals surface area contributed by atoms with Crippen molar-refractivity contribution in [3.05, 3.63) is 71.9 Å². The number of aliphatic imine (C=N–C) groups is 1. The molecule has 34 nitrogen and oxygen atoms in total. The van der Waals surface area contributed by atoms with Gasteiger partial charge in [0.15, 0.2) is 11.7 Å². The van der Waals surface area contributed by atoms with Gasteiger partial charge in [0, 0.05) is 36.5 Å². The SMILES string of the molecule is CC(=O)CN[C@]1(C)CCCCCCCC[C@@]2(CCCCCCCCCCC[C@@](C)(C(C)=O)NN[C@@H](CC(C)C)C(=O)C(=O)[C@H](CC(C)C)NC(=O)C(CCCN=C(N)N)NC(=O)[C@H](Cc3c[nH]c4ccccc34)NC(=O)C(CC(C)C)NC(=O)[C@H](CC(N)=O)NC2=O)NN[C@@H](Cc2ccccc2)C(=O)C(=O)[C@H]([C@@H](C)O)NC(=O)[C@H](CCC(N)=O)NC1=O. The maximum Gasteiger partial charge on any atom is 0.243 e. The quantitative estimate of drug-likeness (QED) is 0.0263. The highest BCUT2D eigenvalue weighted by molar-refractivity contribution is 6.42. The Morgan fingerprint density at radius 1 is 0.484 bits per heavy atom. The number of guanidine groups is 1. The van der Waals surface area contributed by atoms with Gasteiger partial charge in [0.2, 0.25) is 76.3 Å². The highest BCUT2D eigenvalue weighted by Crippen LogP contribution is 2.28. The first kappa shape index (κ1) is 103. The van der Waals surface area contributed by atoms with Crippen LogP contribution in [-0.4, -0.2) is 194 Å². The van der Waals surface area contributed by atoms with E-state index in [9.17, 15) is 43.5 Å². The number of ketones is 6. The fourth-order valence-corrected chi connectivity index (χ4v) is 15.4. The van der Waals surface area contributed by atoms with Crippen molar-refractivity contribution in [3.8, 4) is 0 Å². The minimum atomic E-state index is -1.97. The zero-order valence-corrected chi connectivity index (χ0v) is 73.5. The summed E-state index contributed by atoms with van der Waals surface area (Å²) >= 11 is 0. The van der Waals surface area contributed by atoms with Crippen LogP contribution in [0, 0.1) is 17.8 Å². The molecule has 0 radical (unpaired) electrons. The number of carbonyl (C=O) groups excluding carboxylic acids is 15. The first-order chi connectivity index (χ1) is 57.7. The zero-order valence-electron chi connectivity index (χ0n) is 73.5. The van der Waals surface area contributed by atoms with Crippen LogP contribution in [0.1, 0.15) is 261 Å². The summed E-state index contributed by atoms with van der Waals surface area (Å²) < 4.78 is 0. The zero-order chi connectivity index (χ0) is 90.4. The van der Waals surface area contributed by atoms with E-state index in [1.165, 1.54) is 20.8 Å². The second-order valence-corrected chi connectivity index (χ2v) is 35.1. The van der Waals surface area contributed by atoms with Crippen LogP contribution < -0.4 is 87.2 Å². The smallest absolute Gasteiger partial charge is 0.243 e. The van der Waals surface area contributed by atoms with Crippen LogP contribution in [0.4, 0.5) is 0 Å². The molecule has 5 rings (SSSR count). The van der Waals surface area contributed by atoms with Gasteiger partial charge in [0.25, 0.3) is 0 Å². The average Bonchev–Trinajstić information content (AvgIpc) is 1.40. The normalized spacial score (nSPS) is 26.5. The number of amides is 9. The van der Waals surface area contributed by atoms with Crippen LogP contribution >= 0.6 is 0 Å². The third-order valence-corrected chi connectivity index (χ3v) is 22.7. The van der Waals surface area contributed by atoms with E-state index >= 15 is 33.6 Å². The maximum absolute atomic E-state index is 16.2. The van der Waals surface area contributed by atoms with E-state index in [-0.39, 0.29) is 119 Å². The van der Waals surface area contributed by atoms with Crippen molar-refractivity contribution in [2.24, 2.45) is 45.7 Å². The van der Waals surface area contributed by atoms with Gasteiger partial charge in [-0.3, -0.25) is 82.2 Å². The van der Waals surface area contributed by atoms with Gasteiger partial charge >= 0.3 is 0 Å². The van der Waals surface area contributed by atoms with Crippen molar-refractivity contribution < 1.29 is 77.0 Å². The minimum Gasteiger partial charge on any atom is -0.391 e. The number of rotatable bonds is 24. The van der Waals surface area contributed by atoms with E-state index in [2.05, 4.69) is 74.2 Å². The van der Waals surface area contributed by atoms with Gasteiger partial charge in [0.05, 0.1) is 48.3 Å². The van der Waals surface area contributed by atoms with Gasteiger partial charge in [-0.1, -0.05) is 186 Å². The number of nitrogens with zero attached hydrogens (tertiary/aromatic N) is 1. The number of para-hydroxylation sites is 1. The monoisotopic (exact) mass is 1710 g/mol. The van der Waals surface area contributed by atoms with Gasteiger partial charge in [0.1, 0.15) is 47.6 Å². The molecule has 34 heteroatoms. The van der Waals surface area contributed by atoms with Crippen LogP contribution in [0.5, 0.6) is 0 Å². The summed E-state index contributed by atoms with van der Waals surface area (Å²) in [5.41, 5.74) is 32.7. The van der Waals surface area contributed by atoms with Crippen molar-refractivity contribution in [2.45, 2.75) is 339 Å². The molecule has 1 aromatic heterocycles. The van der Waals surface area contributed by atoms with E-state index < -0.39 is 166 Å². The lowest BCUT2D eigenvalue weighted by atomic mass is 9.85. The van der Waals surface area contributed by atoms with Crippen LogP contribution in [0.2, 0.25) is 0 Å². The van der Waals surface area contributed by atoms with E-state index in [1.54, 1.807) is 82.4 Å². The number of Topliss-reactive ketones (excluding diaryl/α,β-unsaturated/α-hetero) is 6. The number of hydrazine groups is 2. The Morgan fingerprint density at radius 3 is 1.52 bits per heavy atom. The molecule has 22 N–H and O–H groups in total. The molecule has 3 aromatic rings. The Hall–Kier alpha value is -9.74. The summed E-state index contributed by atoms with van der Waals surface area (Å²) in [6, 6.07) is 1.68. The molecular formula is C88H140N18O16. The summed E-state index contributed by atoms with van der Waals surface area (Å²) in [7, 11) is 0. The number of fused-ring (bicyclic) bond motifs is 1. The first-order valence-corrected chi connectivity index (χ1v) is 43.7. The summed E-state index contributed by atoms with van der Waals surface area (Å²) in [6.45, 7) is 17.9. The largest absolute Gasteiger partial charge is 0.391 e. The van der Waals surface area contributed by atoms with Gasteiger partial charge < -0.3 is 70.2 Å². The molecule has 1 spiro atoms. The Morgan fingerprint density at radius 2 is 0.951 bits per heavy atom. The molecule has 2 aliphatic heterocycles. The van der Waals surface area contributed by atoms with Crippen molar-refractivity contribution in [2.75, 3.05) is 13.1 Å². The molecule has 9 amide bonds. The Kier molecular flexibility index (Phi) is 43.3. The molecule has 3 heterocycles. The van der Waals surface area contributed by atoms with Crippen LogP contribution in [0.25, 0.3) is 10.9 Å². The molecule has 2 fully saturated rings. The van der Waals surface area contributed by atoms with Gasteiger partial charge in [-0.25, -0.2) is 21.7 Å². The van der Waals surface area contributed by atoms with Crippen LogP contribution in [0.3, 0.4) is 0 Å². The van der Waals surface area contributed by atoms with Crippen molar-refractivity contribution in [3.63, 3.8) is 0 Å². The van der Waals surface area contributed by atoms with Crippen molar-refractivity contribution in [1.82, 2.24) is 69.2 Å². The third-order valence-electron chi connectivity index (χ3n) is 22.7. The number of nitrogens with one attached hydrogen (secondary N) is 13. The Bertz CT molecular complexity index is 4040. The molecule has 2 saturated heterocycles. The van der Waals surface area contributed by atoms with E-state index in [4.69, 9.17) is 22.9 Å². The van der Waals surface area contributed by atoms with Crippen molar-refractivity contribution in [1.29, 1.82) is 0 Å². The summed E-state index contributed by atoms with van der Waals surface area (Å²) in [5.74, 6) is -14.0. The summed E-state index contributed by atoms with van der Waals surface area (Å²) in [6.07, 6.45) is 7.58. The highest BCUT2D eigenvalue weighted by atomic mass is 16.3. The molecule has 13 atom stereocenters. The lowest BCUT2D eigenvalue weighted by molar-refractivity contribution is -0.143. The number of aromatic nitrogens is 1. The minimum absolute atomic E-state index is 0.00106. The van der Waals surface area contributed by atoms with Gasteiger partial charge in [-0.05, 0) is 140 Å². The highest BCUT2D eigenvalue weighted by Gasteiger charge is 2.45. The lowest BCUT2D eigenvalue weighted by Gasteiger charge is -2.37. The number of nitrogens with two attached hydrogens (primary N) is 4. The number of hydrogen-bond donors (Lipinski definition) is 18. The van der Waals surface area contributed by atoms with Crippen molar-refractivity contribution >= 4 is 105 Å². The molecule has 2 aromatic carbocycles. The fourth-order valence-electron chi connectivity index (χ4n) is 15.4. The van der Waals surface area contributed by atoms with Crippen LogP contribution in [0.15, 0.2) is 65.8 Å². The molecule has 122 heavy (non-hydrogen) atoms. The fraction of sp³-hybridized carbons (Fsp3) is 0.659. The average molecular weight is 1710 g/mol. The van der Waals surface area contributed by atoms with Crippen LogP contribution in [-0.2, 0) is 84.8 Å². The van der Waals surface area contributed by atoms with E-state index in [0.717, 1.165) is 32.1 Å². The Balaban J connectivity index is 1.70. The second kappa shape index (κ2) is 51.4. The third kappa shape index (κ3) is 34.5. The lowest BCUT2D eigenvalue weighted by Crippen LogP contribution is -2.67. The molecule has 678 valence electrons. The molecular weight excluding hydrogens is 1570 g/mol. The molecule has 0 saturated carbocycles. The second-order valence-electron chi connectivity index (χ2n) is 35.1.